The zero-order valence-corrected chi connectivity index (χ0v) is 65.0. The molecule has 11 N–H and O–H groups in total. The molecule has 25 heteroatoms. The summed E-state index contributed by atoms with van der Waals surface area (Å²) in [4.78, 5) is 51.1. The number of aliphatic hydroxyl groups is 10. The zero-order chi connectivity index (χ0) is 76.0. The van der Waals surface area contributed by atoms with Gasteiger partial charge in [-0.2, -0.15) is 0 Å². The lowest BCUT2D eigenvalue weighted by molar-refractivity contribution is -0.360. The summed E-state index contributed by atoms with van der Waals surface area (Å²) in [5.74, 6) is -2.21. The van der Waals surface area contributed by atoms with Gasteiger partial charge in [-0.15, -0.1) is 0 Å². The second-order valence-electron chi connectivity index (χ2n) is 29.6. The maximum atomic E-state index is 14.4. The number of unbranched alkanes of at least 4 members (excludes halogenated alkanes) is 43. The minimum absolute atomic E-state index is 0.0376. The van der Waals surface area contributed by atoms with Crippen molar-refractivity contribution in [2.45, 2.75) is 433 Å². The quantitative estimate of drug-likeness (QED) is 0.00673. The fourth-order valence-electron chi connectivity index (χ4n) is 13.7. The number of esters is 3. The van der Waals surface area contributed by atoms with Crippen molar-refractivity contribution in [3.63, 3.8) is 0 Å². The van der Waals surface area contributed by atoms with E-state index >= 15 is 0 Å². The van der Waals surface area contributed by atoms with Crippen molar-refractivity contribution < 1.29 is 117 Å². The van der Waals surface area contributed by atoms with Gasteiger partial charge >= 0.3 is 25.7 Å². The predicted molar refractivity (Wildman–Crippen MR) is 398 cm³/mol. The molecule has 610 valence electrons. The molecule has 3 rings (SSSR count). The Labute approximate surface area is 624 Å². The van der Waals surface area contributed by atoms with Crippen LogP contribution in [-0.4, -0.2) is 204 Å². The van der Waals surface area contributed by atoms with E-state index in [1.165, 1.54) is 205 Å². The molecule has 0 amide bonds. The normalized spacial score (nSPS) is 26.8. The van der Waals surface area contributed by atoms with Crippen LogP contribution in [0.2, 0.25) is 0 Å². The van der Waals surface area contributed by atoms with Gasteiger partial charge in [-0.1, -0.05) is 309 Å². The van der Waals surface area contributed by atoms with Gasteiger partial charge in [0.05, 0.1) is 13.2 Å². The summed E-state index contributed by atoms with van der Waals surface area (Å²) in [5, 5.41) is 110. The highest BCUT2D eigenvalue weighted by Gasteiger charge is 2.58. The lowest BCUT2D eigenvalue weighted by Crippen LogP contribution is -2.69. The molecule has 18 unspecified atom stereocenters. The molecule has 3 fully saturated rings. The van der Waals surface area contributed by atoms with E-state index in [2.05, 4.69) is 20.8 Å². The van der Waals surface area contributed by atoms with E-state index in [1.54, 1.807) is 6.08 Å². The Morgan fingerprint density at radius 1 is 0.394 bits per heavy atom. The number of carbonyl (C=O) groups excluding carboxylic acids is 3. The van der Waals surface area contributed by atoms with Crippen molar-refractivity contribution in [1.29, 1.82) is 0 Å². The molecular weight excluding hydrogens is 1360 g/mol. The first-order valence-electron chi connectivity index (χ1n) is 41.2. The number of hydrogen-bond acceptors (Lipinski definition) is 23. The highest BCUT2D eigenvalue weighted by atomic mass is 31.2. The number of ether oxygens (including phenoxy) is 7. The standard InChI is InChI=1S/C79H145O24P/c1-4-7-10-13-16-19-22-25-28-30-33-36-38-41-44-47-50-53-63(81)95-57-60(98-65(83)55-52-49-46-43-40-37-34-31-29-26-23-20-17-14-11-8-5-2)58-97-104(93,94)103-77-75(101-78-73(91)68(86)66(84)61(56-80)99-78)71(89)70(88)72(90)76(77)102-79-74(92)69(87)67(85)62(100-79)59-96-64(82)54-51-48-45-42-39-35-32-27-24-21-18-15-12-9-6-3/h45,48,51,54,60-62,66-80,84-92H,4-44,46-47,49-50,52-53,55-59H2,1-3H3,(H,93,94)/b48-45+,54-51+. The SMILES string of the molecule is CCCCCCCCCCCCC/C=C/C=C/C(=O)OCC1OC(OC2C(O)C(O)C(O)C(OC3OC(CO)C(O)C(O)C3O)C2OP(=O)(O)OCC(COC(=O)CCCCCCCCCCCCCCCCCCC)OC(=O)CCCCCCCCCCCCCCCCCCC)C(O)C(O)C1O. The first-order valence-corrected chi connectivity index (χ1v) is 42.7. The van der Waals surface area contributed by atoms with Crippen LogP contribution in [0, 0.1) is 0 Å². The summed E-state index contributed by atoms with van der Waals surface area (Å²) < 4.78 is 65.1. The van der Waals surface area contributed by atoms with Gasteiger partial charge in [0, 0.05) is 18.9 Å². The van der Waals surface area contributed by atoms with Crippen LogP contribution in [0.1, 0.15) is 329 Å². The van der Waals surface area contributed by atoms with Crippen LogP contribution in [-0.2, 0) is 61.2 Å². The summed E-state index contributed by atoms with van der Waals surface area (Å²) in [6, 6.07) is 0. The molecular formula is C79H145O24P. The van der Waals surface area contributed by atoms with E-state index in [0.29, 0.717) is 12.8 Å². The molecule has 0 aromatic rings. The van der Waals surface area contributed by atoms with Gasteiger partial charge in [-0.25, -0.2) is 9.36 Å². The van der Waals surface area contributed by atoms with E-state index < -0.39 is 156 Å². The average Bonchev–Trinajstić information content (AvgIpc) is 0.761. The van der Waals surface area contributed by atoms with Gasteiger partial charge in [0.1, 0.15) is 98.7 Å². The Morgan fingerprint density at radius 3 is 1.13 bits per heavy atom. The van der Waals surface area contributed by atoms with Crippen molar-refractivity contribution in [2.75, 3.05) is 26.4 Å². The molecule has 0 aromatic carbocycles. The van der Waals surface area contributed by atoms with Crippen molar-refractivity contribution in [3.8, 4) is 0 Å². The van der Waals surface area contributed by atoms with Crippen molar-refractivity contribution in [3.05, 3.63) is 24.3 Å². The molecule has 1 saturated carbocycles. The molecule has 104 heavy (non-hydrogen) atoms. The number of phosphoric ester groups is 1. The molecule has 3 aliphatic rings. The van der Waals surface area contributed by atoms with Gasteiger partial charge in [0.25, 0.3) is 0 Å². The smallest absolute Gasteiger partial charge is 0.462 e. The third kappa shape index (κ3) is 42.0. The highest BCUT2D eigenvalue weighted by Crippen LogP contribution is 2.49. The fourth-order valence-corrected chi connectivity index (χ4v) is 14.6. The minimum Gasteiger partial charge on any atom is -0.462 e. The monoisotopic (exact) mass is 1510 g/mol. The maximum Gasteiger partial charge on any atom is 0.472 e. The summed E-state index contributed by atoms with van der Waals surface area (Å²) in [6.07, 6.45) is 24.1. The van der Waals surface area contributed by atoms with E-state index in [4.69, 9.17) is 42.2 Å². The second kappa shape index (κ2) is 60.2. The number of rotatable bonds is 65. The van der Waals surface area contributed by atoms with Crippen LogP contribution < -0.4 is 0 Å². The average molecular weight is 1510 g/mol. The van der Waals surface area contributed by atoms with E-state index in [1.807, 2.05) is 6.08 Å². The molecule has 0 bridgehead atoms. The zero-order valence-electron chi connectivity index (χ0n) is 64.1. The van der Waals surface area contributed by atoms with Gasteiger partial charge < -0.3 is 89.1 Å². The van der Waals surface area contributed by atoms with E-state index in [9.17, 15) is 74.9 Å². The van der Waals surface area contributed by atoms with E-state index in [0.717, 1.165) is 89.5 Å². The number of allylic oxidation sites excluding steroid dienone is 3. The van der Waals surface area contributed by atoms with Crippen LogP contribution in [0.15, 0.2) is 24.3 Å². The molecule has 2 saturated heterocycles. The fraction of sp³-hybridized carbons (Fsp3) is 0.911. The molecule has 0 spiro atoms. The summed E-state index contributed by atoms with van der Waals surface area (Å²) in [7, 11) is -5.71. The molecule has 18 atom stereocenters. The van der Waals surface area contributed by atoms with Gasteiger partial charge in [0.15, 0.2) is 18.7 Å². The number of carbonyl (C=O) groups is 3. The number of hydrogen-bond donors (Lipinski definition) is 11. The highest BCUT2D eigenvalue weighted by molar-refractivity contribution is 7.47. The molecule has 0 aromatic heterocycles. The summed E-state index contributed by atoms with van der Waals surface area (Å²) in [6.45, 7) is 3.42. The summed E-state index contributed by atoms with van der Waals surface area (Å²) >= 11 is 0. The van der Waals surface area contributed by atoms with Crippen LogP contribution >= 0.6 is 7.82 Å². The Balaban J connectivity index is 1.71. The topological polar surface area (TPSA) is 374 Å². The lowest BCUT2D eigenvalue weighted by atomic mass is 9.84. The van der Waals surface area contributed by atoms with Gasteiger partial charge in [-0.3, -0.25) is 18.6 Å². The van der Waals surface area contributed by atoms with Crippen molar-refractivity contribution >= 4 is 25.7 Å². The maximum absolute atomic E-state index is 14.4. The minimum atomic E-state index is -5.71. The first kappa shape index (κ1) is 95.6. The van der Waals surface area contributed by atoms with Crippen LogP contribution in [0.25, 0.3) is 0 Å². The predicted octanol–water partition coefficient (Wildman–Crippen LogP) is 12.9. The molecule has 0 radical (unpaired) electrons. The third-order valence-corrected chi connectivity index (χ3v) is 21.3. The largest absolute Gasteiger partial charge is 0.472 e. The lowest BCUT2D eigenvalue weighted by Gasteiger charge is -2.49. The first-order chi connectivity index (χ1) is 50.3. The van der Waals surface area contributed by atoms with Crippen LogP contribution in [0.3, 0.4) is 0 Å². The number of phosphoric acid groups is 1. The van der Waals surface area contributed by atoms with Crippen LogP contribution in [0.4, 0.5) is 0 Å². The third-order valence-electron chi connectivity index (χ3n) is 20.3. The molecule has 24 nitrogen and oxygen atoms in total. The van der Waals surface area contributed by atoms with Crippen LogP contribution in [0.5, 0.6) is 0 Å². The van der Waals surface area contributed by atoms with Crippen molar-refractivity contribution in [2.24, 2.45) is 0 Å². The molecule has 1 aliphatic carbocycles. The van der Waals surface area contributed by atoms with E-state index in [-0.39, 0.29) is 12.8 Å². The molecule has 2 aliphatic heterocycles. The Kier molecular flexibility index (Phi) is 55.4. The molecule has 2 heterocycles. The van der Waals surface area contributed by atoms with Gasteiger partial charge in [0.2, 0.25) is 0 Å². The Bertz CT molecular complexity index is 2230. The Hall–Kier alpha value is -2.56. The summed E-state index contributed by atoms with van der Waals surface area (Å²) in [5.41, 5.74) is 0. The Morgan fingerprint density at radius 2 is 0.740 bits per heavy atom. The van der Waals surface area contributed by atoms with Gasteiger partial charge in [-0.05, 0) is 25.7 Å². The second-order valence-corrected chi connectivity index (χ2v) is 31.0. The van der Waals surface area contributed by atoms with Crippen molar-refractivity contribution in [1.82, 2.24) is 0 Å². The number of aliphatic hydroxyl groups excluding tert-OH is 10.